The summed E-state index contributed by atoms with van der Waals surface area (Å²) in [4.78, 5) is 5.53. The molecule has 2 nitrogen and oxygen atoms in total. The maximum atomic E-state index is 6.20. The Morgan fingerprint density at radius 3 is 2.84 bits per heavy atom. The Morgan fingerprint density at radius 2 is 2.05 bits per heavy atom. The lowest BCUT2D eigenvalue weighted by Gasteiger charge is -2.09. The van der Waals surface area contributed by atoms with Crippen molar-refractivity contribution < 1.29 is 0 Å². The van der Waals surface area contributed by atoms with Gasteiger partial charge in [-0.1, -0.05) is 41.6 Å². The van der Waals surface area contributed by atoms with E-state index in [-0.39, 0.29) is 0 Å². The van der Waals surface area contributed by atoms with E-state index in [0.717, 1.165) is 21.5 Å². The van der Waals surface area contributed by atoms with Gasteiger partial charge < -0.3 is 5.32 Å². The minimum absolute atomic E-state index is 0.707. The molecule has 1 saturated carbocycles. The first-order valence-corrected chi connectivity index (χ1v) is 7.62. The maximum Gasteiger partial charge on any atom is 0.105 e. The smallest absolute Gasteiger partial charge is 0.105 e. The van der Waals surface area contributed by atoms with Crippen LogP contribution in [0.25, 0.3) is 0 Å². The van der Waals surface area contributed by atoms with Crippen molar-refractivity contribution >= 4 is 23.4 Å². The third-order valence-electron chi connectivity index (χ3n) is 3.05. The zero-order chi connectivity index (χ0) is 13.1. The highest BCUT2D eigenvalue weighted by molar-refractivity contribution is 7.99. The molecule has 0 atom stereocenters. The van der Waals surface area contributed by atoms with Gasteiger partial charge in [0.1, 0.15) is 5.03 Å². The van der Waals surface area contributed by atoms with E-state index in [9.17, 15) is 0 Å². The highest BCUT2D eigenvalue weighted by atomic mass is 35.5. The maximum absolute atomic E-state index is 6.20. The molecule has 1 N–H and O–H groups in total. The van der Waals surface area contributed by atoms with Crippen LogP contribution in [0.1, 0.15) is 18.4 Å². The molecule has 3 rings (SSSR count). The Bertz CT molecular complexity index is 570. The zero-order valence-electron chi connectivity index (χ0n) is 10.5. The Balaban J connectivity index is 1.77. The van der Waals surface area contributed by atoms with Gasteiger partial charge in [0.25, 0.3) is 0 Å². The monoisotopic (exact) mass is 290 g/mol. The Hall–Kier alpha value is -1.03. The summed E-state index contributed by atoms with van der Waals surface area (Å²) in [5, 5.41) is 5.34. The van der Waals surface area contributed by atoms with Crippen molar-refractivity contribution in [3.05, 3.63) is 53.2 Å². The normalized spacial score (nSPS) is 14.6. The van der Waals surface area contributed by atoms with E-state index in [1.807, 2.05) is 36.5 Å². The van der Waals surface area contributed by atoms with Gasteiger partial charge in [-0.25, -0.2) is 4.98 Å². The van der Waals surface area contributed by atoms with Crippen molar-refractivity contribution in [2.24, 2.45) is 0 Å². The van der Waals surface area contributed by atoms with Crippen LogP contribution >= 0.6 is 23.4 Å². The number of aromatic nitrogens is 1. The van der Waals surface area contributed by atoms with Crippen LogP contribution < -0.4 is 5.32 Å². The number of hydrogen-bond donors (Lipinski definition) is 1. The van der Waals surface area contributed by atoms with Gasteiger partial charge >= 0.3 is 0 Å². The molecule has 1 aromatic heterocycles. The van der Waals surface area contributed by atoms with E-state index in [1.54, 1.807) is 11.8 Å². The van der Waals surface area contributed by atoms with E-state index in [2.05, 4.69) is 16.4 Å². The van der Waals surface area contributed by atoms with Crippen molar-refractivity contribution in [3.8, 4) is 0 Å². The molecule has 1 aromatic carbocycles. The summed E-state index contributed by atoms with van der Waals surface area (Å²) in [5.41, 5.74) is 1.24. The van der Waals surface area contributed by atoms with Crippen LogP contribution in [-0.4, -0.2) is 11.0 Å². The minimum Gasteiger partial charge on any atom is -0.310 e. The molecule has 1 heterocycles. The van der Waals surface area contributed by atoms with Crippen molar-refractivity contribution in [3.63, 3.8) is 0 Å². The lowest BCUT2D eigenvalue weighted by molar-refractivity contribution is 0.675. The lowest BCUT2D eigenvalue weighted by Crippen LogP contribution is -2.16. The van der Waals surface area contributed by atoms with Crippen LogP contribution in [0.5, 0.6) is 0 Å². The van der Waals surface area contributed by atoms with Crippen LogP contribution in [-0.2, 0) is 6.54 Å². The molecule has 2 aromatic rings. The Morgan fingerprint density at radius 1 is 1.21 bits per heavy atom. The van der Waals surface area contributed by atoms with Gasteiger partial charge in [0.2, 0.25) is 0 Å². The first kappa shape index (κ1) is 13.0. The molecule has 0 spiro atoms. The average molecular weight is 291 g/mol. The van der Waals surface area contributed by atoms with Crippen LogP contribution in [0.15, 0.2) is 52.5 Å². The fraction of sp³-hybridized carbons (Fsp3) is 0.267. The van der Waals surface area contributed by atoms with Gasteiger partial charge in [-0.05, 0) is 36.6 Å². The molecule has 1 aliphatic carbocycles. The van der Waals surface area contributed by atoms with Crippen molar-refractivity contribution in [2.45, 2.75) is 35.3 Å². The van der Waals surface area contributed by atoms with Crippen LogP contribution in [0.3, 0.4) is 0 Å². The number of nitrogens with one attached hydrogen (secondary N) is 1. The molecule has 98 valence electrons. The number of benzene rings is 1. The van der Waals surface area contributed by atoms with Crippen LogP contribution in [0.2, 0.25) is 5.02 Å². The van der Waals surface area contributed by atoms with Crippen molar-refractivity contribution in [1.29, 1.82) is 0 Å². The number of nitrogens with zero attached hydrogens (tertiary/aromatic N) is 1. The van der Waals surface area contributed by atoms with Gasteiger partial charge in [0, 0.05) is 23.7 Å². The Labute approximate surface area is 122 Å². The standard InChI is InChI=1S/C15H15ClN2S/c16-13-5-1-2-6-14(13)19-15-11(4-3-9-17-15)10-18-12-7-8-12/h1-6,9,12,18H,7-8,10H2. The molecule has 1 aliphatic rings. The molecule has 0 aliphatic heterocycles. The van der Waals surface area contributed by atoms with Gasteiger partial charge in [0.15, 0.2) is 0 Å². The molecule has 4 heteroatoms. The third-order valence-corrected chi connectivity index (χ3v) is 4.63. The third kappa shape index (κ3) is 3.50. The number of pyridine rings is 1. The topological polar surface area (TPSA) is 24.9 Å². The fourth-order valence-electron chi connectivity index (χ4n) is 1.82. The number of hydrogen-bond acceptors (Lipinski definition) is 3. The van der Waals surface area contributed by atoms with Gasteiger partial charge in [-0.2, -0.15) is 0 Å². The summed E-state index contributed by atoms with van der Waals surface area (Å²) in [6.07, 6.45) is 4.43. The molecule has 0 saturated heterocycles. The molecule has 1 fully saturated rings. The number of rotatable bonds is 5. The second-order valence-corrected chi connectivity index (χ2v) is 6.09. The molecule has 0 amide bonds. The summed E-state index contributed by atoms with van der Waals surface area (Å²) in [6.45, 7) is 0.880. The van der Waals surface area contributed by atoms with Gasteiger partial charge in [-0.3, -0.25) is 0 Å². The summed E-state index contributed by atoms with van der Waals surface area (Å²) in [5.74, 6) is 0. The fourth-order valence-corrected chi connectivity index (χ4v) is 2.98. The highest BCUT2D eigenvalue weighted by Gasteiger charge is 2.20. The van der Waals surface area contributed by atoms with E-state index in [4.69, 9.17) is 11.6 Å². The van der Waals surface area contributed by atoms with E-state index in [0.29, 0.717) is 6.04 Å². The van der Waals surface area contributed by atoms with Crippen LogP contribution in [0.4, 0.5) is 0 Å². The molecule has 0 bridgehead atoms. The largest absolute Gasteiger partial charge is 0.310 e. The zero-order valence-corrected chi connectivity index (χ0v) is 12.0. The first-order chi connectivity index (χ1) is 9.33. The first-order valence-electron chi connectivity index (χ1n) is 6.42. The summed E-state index contributed by atoms with van der Waals surface area (Å²) in [6, 6.07) is 12.7. The lowest BCUT2D eigenvalue weighted by atomic mass is 10.3. The van der Waals surface area contributed by atoms with E-state index < -0.39 is 0 Å². The predicted octanol–water partition coefficient (Wildman–Crippen LogP) is 4.14. The van der Waals surface area contributed by atoms with Crippen molar-refractivity contribution in [2.75, 3.05) is 0 Å². The van der Waals surface area contributed by atoms with Gasteiger partial charge in [-0.15, -0.1) is 0 Å². The van der Waals surface area contributed by atoms with Gasteiger partial charge in [0.05, 0.1) is 5.02 Å². The number of halogens is 1. The van der Waals surface area contributed by atoms with E-state index in [1.165, 1.54) is 18.4 Å². The molecule has 0 unspecified atom stereocenters. The Kier molecular flexibility index (Phi) is 4.06. The highest BCUT2D eigenvalue weighted by Crippen LogP contribution is 2.33. The second-order valence-electron chi connectivity index (χ2n) is 4.66. The summed E-state index contributed by atoms with van der Waals surface area (Å²) >= 11 is 7.83. The second kappa shape index (κ2) is 5.95. The molecular formula is C15H15ClN2S. The van der Waals surface area contributed by atoms with E-state index >= 15 is 0 Å². The summed E-state index contributed by atoms with van der Waals surface area (Å²) in [7, 11) is 0. The molecule has 19 heavy (non-hydrogen) atoms. The van der Waals surface area contributed by atoms with Crippen molar-refractivity contribution in [1.82, 2.24) is 10.3 Å². The minimum atomic E-state index is 0.707. The SMILES string of the molecule is Clc1ccccc1Sc1ncccc1CNC1CC1. The predicted molar refractivity (Wildman–Crippen MR) is 79.7 cm³/mol. The average Bonchev–Trinajstić information content (AvgIpc) is 3.24. The quantitative estimate of drug-likeness (QED) is 0.896. The molecule has 0 radical (unpaired) electrons. The van der Waals surface area contributed by atoms with Crippen LogP contribution in [0, 0.1) is 0 Å². The molecular weight excluding hydrogens is 276 g/mol. The summed E-state index contributed by atoms with van der Waals surface area (Å²) < 4.78 is 0.